The lowest BCUT2D eigenvalue weighted by Gasteiger charge is -2.03. The SMILES string of the molecule is NC(=NCC(=O)O)NC1N=NN=N1. The summed E-state index contributed by atoms with van der Waals surface area (Å²) in [6.07, 6.45) is -0.697. The van der Waals surface area contributed by atoms with Gasteiger partial charge in [0.25, 0.3) is 6.29 Å². The van der Waals surface area contributed by atoms with Gasteiger partial charge in [-0.15, -0.1) is 10.2 Å². The van der Waals surface area contributed by atoms with Crippen molar-refractivity contribution in [3.8, 4) is 0 Å². The molecule has 70 valence electrons. The van der Waals surface area contributed by atoms with Gasteiger partial charge in [-0.25, -0.2) is 4.99 Å². The van der Waals surface area contributed by atoms with E-state index in [1.807, 2.05) is 0 Å². The average Bonchev–Trinajstić information content (AvgIpc) is 2.53. The van der Waals surface area contributed by atoms with Crippen LogP contribution in [0, 0.1) is 0 Å². The van der Waals surface area contributed by atoms with Gasteiger partial charge in [0, 0.05) is 0 Å². The van der Waals surface area contributed by atoms with Crippen LogP contribution in [0.5, 0.6) is 0 Å². The number of nitrogens with two attached hydrogens (primary N) is 1. The average molecular weight is 185 g/mol. The molecule has 0 saturated carbocycles. The van der Waals surface area contributed by atoms with Gasteiger partial charge in [-0.2, -0.15) is 0 Å². The summed E-state index contributed by atoms with van der Waals surface area (Å²) in [6, 6.07) is 0. The van der Waals surface area contributed by atoms with Crippen molar-refractivity contribution < 1.29 is 9.90 Å². The Balaban J connectivity index is 2.35. The zero-order valence-corrected chi connectivity index (χ0v) is 6.45. The zero-order valence-electron chi connectivity index (χ0n) is 6.45. The van der Waals surface area contributed by atoms with Gasteiger partial charge >= 0.3 is 5.97 Å². The molecular weight excluding hydrogens is 178 g/mol. The largest absolute Gasteiger partial charge is 0.480 e. The molecule has 1 aliphatic rings. The zero-order chi connectivity index (χ0) is 9.68. The van der Waals surface area contributed by atoms with Crippen molar-refractivity contribution >= 4 is 11.9 Å². The number of guanidine groups is 1. The summed E-state index contributed by atoms with van der Waals surface area (Å²) < 4.78 is 0. The van der Waals surface area contributed by atoms with Gasteiger partial charge in [0.05, 0.1) is 0 Å². The van der Waals surface area contributed by atoms with Gasteiger partial charge < -0.3 is 16.2 Å². The normalized spacial score (nSPS) is 16.5. The van der Waals surface area contributed by atoms with Crippen LogP contribution in [0.25, 0.3) is 0 Å². The molecule has 0 unspecified atom stereocenters. The van der Waals surface area contributed by atoms with E-state index >= 15 is 0 Å². The highest BCUT2D eigenvalue weighted by Gasteiger charge is 2.08. The minimum Gasteiger partial charge on any atom is -0.480 e. The first-order chi connectivity index (χ1) is 6.18. The van der Waals surface area contributed by atoms with Crippen LogP contribution in [0.2, 0.25) is 0 Å². The Labute approximate surface area is 72.4 Å². The summed E-state index contributed by atoms with van der Waals surface area (Å²) in [4.78, 5) is 13.5. The van der Waals surface area contributed by atoms with E-state index in [9.17, 15) is 4.79 Å². The predicted octanol–water partition coefficient (Wildman–Crippen LogP) is -0.908. The summed E-state index contributed by atoms with van der Waals surface area (Å²) in [7, 11) is 0. The van der Waals surface area contributed by atoms with E-state index in [1.54, 1.807) is 0 Å². The topological polar surface area (TPSA) is 137 Å². The van der Waals surface area contributed by atoms with Gasteiger partial charge in [0.15, 0.2) is 5.96 Å². The molecular formula is C4H7N7O2. The Morgan fingerprint density at radius 2 is 2.15 bits per heavy atom. The number of nitrogens with one attached hydrogen (secondary N) is 1. The number of nitrogens with zero attached hydrogens (tertiary/aromatic N) is 5. The maximum Gasteiger partial charge on any atom is 0.325 e. The molecule has 0 radical (unpaired) electrons. The molecule has 0 spiro atoms. The minimum absolute atomic E-state index is 0.0628. The molecule has 1 heterocycles. The second kappa shape index (κ2) is 4.09. The molecule has 0 aromatic carbocycles. The molecule has 0 atom stereocenters. The molecule has 1 rings (SSSR count). The van der Waals surface area contributed by atoms with Crippen LogP contribution in [0.1, 0.15) is 0 Å². The molecule has 9 nitrogen and oxygen atoms in total. The van der Waals surface area contributed by atoms with Crippen LogP contribution in [0.15, 0.2) is 25.7 Å². The quantitative estimate of drug-likeness (QED) is 0.387. The molecule has 0 fully saturated rings. The maximum absolute atomic E-state index is 10.1. The van der Waals surface area contributed by atoms with Crippen molar-refractivity contribution in [2.45, 2.75) is 6.29 Å². The second-order valence-corrected chi connectivity index (χ2v) is 2.02. The van der Waals surface area contributed by atoms with Gasteiger partial charge in [-0.3, -0.25) is 4.79 Å². The molecule has 13 heavy (non-hydrogen) atoms. The van der Waals surface area contributed by atoms with Crippen LogP contribution >= 0.6 is 0 Å². The van der Waals surface area contributed by atoms with Crippen LogP contribution in [-0.2, 0) is 4.79 Å². The van der Waals surface area contributed by atoms with E-state index in [-0.39, 0.29) is 5.96 Å². The smallest absolute Gasteiger partial charge is 0.325 e. The van der Waals surface area contributed by atoms with E-state index in [0.717, 1.165) is 0 Å². The van der Waals surface area contributed by atoms with Gasteiger partial charge in [0.1, 0.15) is 6.54 Å². The van der Waals surface area contributed by atoms with E-state index in [0.29, 0.717) is 0 Å². The van der Waals surface area contributed by atoms with Crippen LogP contribution in [-0.4, -0.2) is 29.9 Å². The third-order valence-electron chi connectivity index (χ3n) is 1.02. The number of carbonyl (C=O) groups is 1. The molecule has 0 bridgehead atoms. The fraction of sp³-hybridized carbons (Fsp3) is 0.500. The molecule has 1 aliphatic heterocycles. The highest BCUT2D eigenvalue weighted by atomic mass is 16.4. The number of hydrogen-bond acceptors (Lipinski definition) is 6. The number of carboxylic acids is 1. The van der Waals surface area contributed by atoms with E-state index in [2.05, 4.69) is 31.0 Å². The first kappa shape index (κ1) is 9.03. The molecule has 0 aromatic rings. The van der Waals surface area contributed by atoms with Crippen molar-refractivity contribution in [1.82, 2.24) is 5.32 Å². The van der Waals surface area contributed by atoms with E-state index in [4.69, 9.17) is 10.8 Å². The van der Waals surface area contributed by atoms with Crippen molar-refractivity contribution in [2.24, 2.45) is 31.4 Å². The number of aliphatic imine (C=N–C) groups is 1. The Morgan fingerprint density at radius 3 is 2.69 bits per heavy atom. The fourth-order valence-corrected chi connectivity index (χ4v) is 0.556. The first-order valence-electron chi connectivity index (χ1n) is 3.26. The summed E-state index contributed by atoms with van der Waals surface area (Å²) in [5.41, 5.74) is 5.27. The third kappa shape index (κ3) is 3.22. The molecule has 0 aliphatic carbocycles. The lowest BCUT2D eigenvalue weighted by Crippen LogP contribution is -2.37. The Hall–Kier alpha value is -2.06. The molecule has 0 aromatic heterocycles. The van der Waals surface area contributed by atoms with Gasteiger partial charge in [-0.05, 0) is 10.4 Å². The van der Waals surface area contributed by atoms with Crippen LogP contribution in [0.4, 0.5) is 0 Å². The Bertz CT molecular complexity index is 270. The molecule has 9 heteroatoms. The monoisotopic (exact) mass is 185 g/mol. The summed E-state index contributed by atoms with van der Waals surface area (Å²) >= 11 is 0. The summed E-state index contributed by atoms with van der Waals surface area (Å²) in [5.74, 6) is -1.13. The standard InChI is InChI=1S/C4H7N7O2/c5-3(6-1-2(12)13)7-4-8-10-11-9-4/h4H,1H2,(H,12,13)(H3,5,6,7). The van der Waals surface area contributed by atoms with Crippen LogP contribution in [0.3, 0.4) is 0 Å². The lowest BCUT2D eigenvalue weighted by molar-refractivity contribution is -0.135. The Kier molecular flexibility index (Phi) is 2.84. The number of rotatable bonds is 3. The van der Waals surface area contributed by atoms with Gasteiger partial charge in [0.2, 0.25) is 0 Å². The van der Waals surface area contributed by atoms with Crippen molar-refractivity contribution in [3.05, 3.63) is 0 Å². The number of aliphatic carboxylic acids is 1. The number of carboxylic acid groups (broad SMARTS) is 1. The van der Waals surface area contributed by atoms with Crippen molar-refractivity contribution in [2.75, 3.05) is 6.54 Å². The maximum atomic E-state index is 10.1. The molecule has 4 N–H and O–H groups in total. The second-order valence-electron chi connectivity index (χ2n) is 2.02. The minimum atomic E-state index is -1.07. The summed E-state index contributed by atoms with van der Waals surface area (Å²) in [5, 5.41) is 24.1. The summed E-state index contributed by atoms with van der Waals surface area (Å²) in [6.45, 7) is -0.403. The highest BCUT2D eigenvalue weighted by molar-refractivity contribution is 5.81. The van der Waals surface area contributed by atoms with Gasteiger partial charge in [-0.1, -0.05) is 0 Å². The molecule has 0 saturated heterocycles. The first-order valence-corrected chi connectivity index (χ1v) is 3.26. The van der Waals surface area contributed by atoms with Crippen LogP contribution < -0.4 is 11.1 Å². The number of hydrogen-bond donors (Lipinski definition) is 3. The lowest BCUT2D eigenvalue weighted by atomic mass is 10.7. The Morgan fingerprint density at radius 1 is 1.54 bits per heavy atom. The molecule has 0 amide bonds. The fourth-order valence-electron chi connectivity index (χ4n) is 0.556. The van der Waals surface area contributed by atoms with E-state index in [1.165, 1.54) is 0 Å². The third-order valence-corrected chi connectivity index (χ3v) is 1.02. The van der Waals surface area contributed by atoms with Crippen molar-refractivity contribution in [3.63, 3.8) is 0 Å². The predicted molar refractivity (Wildman–Crippen MR) is 40.8 cm³/mol. The highest BCUT2D eigenvalue weighted by Crippen LogP contribution is 1.99. The van der Waals surface area contributed by atoms with E-state index < -0.39 is 18.8 Å². The van der Waals surface area contributed by atoms with Crippen molar-refractivity contribution in [1.29, 1.82) is 0 Å².